The number of hydrogen-bond acceptors (Lipinski definition) is 8. The number of imide groups is 2. The lowest BCUT2D eigenvalue weighted by Crippen LogP contribution is -2.54. The molecule has 1 atom stereocenters. The van der Waals surface area contributed by atoms with Crippen LogP contribution in [0.3, 0.4) is 0 Å². The number of pyridine rings is 1. The van der Waals surface area contributed by atoms with Crippen molar-refractivity contribution in [1.82, 2.24) is 25.4 Å². The number of carbonyl (C=O) groups is 4. The third kappa shape index (κ3) is 5.07. The fourth-order valence-electron chi connectivity index (χ4n) is 5.32. The lowest BCUT2D eigenvalue weighted by Gasteiger charge is -2.27. The van der Waals surface area contributed by atoms with Gasteiger partial charge in [-0.1, -0.05) is 6.07 Å². The van der Waals surface area contributed by atoms with Crippen LogP contribution in [0, 0.1) is 6.92 Å². The van der Waals surface area contributed by atoms with Crippen LogP contribution in [0.1, 0.15) is 52.1 Å². The van der Waals surface area contributed by atoms with Gasteiger partial charge in [0, 0.05) is 48.2 Å². The van der Waals surface area contributed by atoms with Gasteiger partial charge in [-0.2, -0.15) is 5.10 Å². The number of nitrogens with one attached hydrogen (secondary N) is 3. The first kappa shape index (κ1) is 26.3. The average Bonchev–Trinajstić information content (AvgIpc) is 3.73. The average molecular weight is 553 g/mol. The zero-order chi connectivity index (χ0) is 28.5. The van der Waals surface area contributed by atoms with Crippen LogP contribution in [-0.4, -0.2) is 63.0 Å². The van der Waals surface area contributed by atoms with Gasteiger partial charge in [-0.25, -0.2) is 0 Å². The molecular formula is C30H28N6O5. The number of ether oxygens (including phenoxy) is 1. The molecule has 2 aromatic carbocycles. The topological polar surface area (TPSA) is 146 Å². The summed E-state index contributed by atoms with van der Waals surface area (Å²) in [6.07, 6.45) is 6.15. The predicted octanol–water partition coefficient (Wildman–Crippen LogP) is 3.87. The van der Waals surface area contributed by atoms with Crippen molar-refractivity contribution in [3.63, 3.8) is 0 Å². The van der Waals surface area contributed by atoms with Crippen molar-refractivity contribution in [3.8, 4) is 11.1 Å². The van der Waals surface area contributed by atoms with Gasteiger partial charge in [0.05, 0.1) is 28.5 Å². The van der Waals surface area contributed by atoms with Crippen molar-refractivity contribution in [2.24, 2.45) is 0 Å². The maximum atomic E-state index is 13.5. The Morgan fingerprint density at radius 3 is 2.54 bits per heavy atom. The Hall–Kier alpha value is -4.90. The number of piperidine rings is 1. The zero-order valence-electron chi connectivity index (χ0n) is 22.4. The third-order valence-corrected chi connectivity index (χ3v) is 7.35. The molecule has 0 radical (unpaired) electrons. The lowest BCUT2D eigenvalue weighted by atomic mass is 10.0. The van der Waals surface area contributed by atoms with E-state index < -0.39 is 29.7 Å². The SMILES string of the molecule is C1CCOC1.Cc1cc(-c2cc3[nH]ncc3cc2Nc2cccc3c2C(=O)N(C2CCC(=O)NC2=O)C3=O)ccn1. The van der Waals surface area contributed by atoms with Gasteiger partial charge in [0.25, 0.3) is 11.8 Å². The van der Waals surface area contributed by atoms with Crippen LogP contribution in [0.2, 0.25) is 0 Å². The number of rotatable bonds is 4. The second kappa shape index (κ2) is 10.9. The number of benzene rings is 2. The number of fused-ring (bicyclic) bond motifs is 2. The number of aromatic nitrogens is 3. The van der Waals surface area contributed by atoms with E-state index in [1.807, 2.05) is 31.2 Å². The van der Waals surface area contributed by atoms with Crippen molar-refractivity contribution in [1.29, 1.82) is 0 Å². The van der Waals surface area contributed by atoms with Crippen LogP contribution >= 0.6 is 0 Å². The van der Waals surface area contributed by atoms with Gasteiger partial charge in [-0.05, 0) is 68.1 Å². The first-order valence-corrected chi connectivity index (χ1v) is 13.5. The van der Waals surface area contributed by atoms with Crippen LogP contribution in [0.25, 0.3) is 22.0 Å². The Morgan fingerprint density at radius 1 is 0.976 bits per heavy atom. The highest BCUT2D eigenvalue weighted by atomic mass is 16.5. The summed E-state index contributed by atoms with van der Waals surface area (Å²) in [6.45, 7) is 3.91. The summed E-state index contributed by atoms with van der Waals surface area (Å²) >= 11 is 0. The molecule has 2 fully saturated rings. The Morgan fingerprint density at radius 2 is 1.80 bits per heavy atom. The zero-order valence-corrected chi connectivity index (χ0v) is 22.4. The van der Waals surface area contributed by atoms with Crippen LogP contribution in [0.4, 0.5) is 11.4 Å². The highest BCUT2D eigenvalue weighted by Gasteiger charge is 2.45. The Labute approximate surface area is 235 Å². The summed E-state index contributed by atoms with van der Waals surface area (Å²) in [7, 11) is 0. The van der Waals surface area contributed by atoms with Crippen LogP contribution in [0.15, 0.2) is 54.9 Å². The maximum Gasteiger partial charge on any atom is 0.264 e. The molecule has 11 nitrogen and oxygen atoms in total. The van der Waals surface area contributed by atoms with E-state index in [0.29, 0.717) is 11.4 Å². The molecule has 11 heteroatoms. The summed E-state index contributed by atoms with van der Waals surface area (Å²) < 4.78 is 4.94. The Bertz CT molecular complexity index is 1680. The standard InChI is InChI=1S/C26H20N6O4.C4H8O/c1-13-9-14(7-8-27-13)17-11-19-15(12-28-31-19)10-20(17)29-18-4-2-3-16-23(18)26(36)32(25(16)35)21-5-6-22(33)30-24(21)34;1-2-4-5-3-1/h2-4,7-12,21,29H,5-6H2,1H3,(H,28,31)(H,30,33,34);1-4H2. The minimum Gasteiger partial charge on any atom is -0.381 e. The van der Waals surface area contributed by atoms with Crippen molar-refractivity contribution in [2.75, 3.05) is 18.5 Å². The van der Waals surface area contributed by atoms with Crippen LogP contribution in [-0.2, 0) is 14.3 Å². The van der Waals surface area contributed by atoms with E-state index in [1.54, 1.807) is 30.6 Å². The monoisotopic (exact) mass is 552 g/mol. The molecule has 5 heterocycles. The second-order valence-electron chi connectivity index (χ2n) is 10.2. The highest BCUT2D eigenvalue weighted by molar-refractivity contribution is 6.25. The lowest BCUT2D eigenvalue weighted by molar-refractivity contribution is -0.136. The van der Waals surface area contributed by atoms with E-state index in [1.165, 1.54) is 12.8 Å². The summed E-state index contributed by atoms with van der Waals surface area (Å²) in [5, 5.41) is 13.5. The molecule has 0 saturated carbocycles. The molecular weight excluding hydrogens is 524 g/mol. The number of H-pyrrole nitrogens is 1. The number of anilines is 2. The molecule has 3 aliphatic rings. The molecule has 41 heavy (non-hydrogen) atoms. The van der Waals surface area contributed by atoms with Crippen molar-refractivity contribution >= 4 is 45.9 Å². The van der Waals surface area contributed by atoms with Crippen LogP contribution in [0.5, 0.6) is 0 Å². The van der Waals surface area contributed by atoms with Gasteiger partial charge in [0.1, 0.15) is 6.04 Å². The van der Waals surface area contributed by atoms with E-state index in [0.717, 1.165) is 45.8 Å². The molecule has 3 N–H and O–H groups in total. The van der Waals surface area contributed by atoms with Gasteiger partial charge in [-0.3, -0.25) is 39.5 Å². The van der Waals surface area contributed by atoms with Gasteiger partial charge in [0.15, 0.2) is 0 Å². The number of nitrogens with zero attached hydrogens (tertiary/aromatic N) is 3. The first-order valence-electron chi connectivity index (χ1n) is 13.5. The van der Waals surface area contributed by atoms with Crippen molar-refractivity contribution in [2.45, 2.75) is 38.6 Å². The van der Waals surface area contributed by atoms with E-state index in [2.05, 4.69) is 25.8 Å². The normalized spacial score (nSPS) is 18.3. The predicted molar refractivity (Wildman–Crippen MR) is 151 cm³/mol. The number of aryl methyl sites for hydroxylation is 1. The number of carbonyl (C=O) groups excluding carboxylic acids is 4. The molecule has 2 aromatic heterocycles. The molecule has 3 aliphatic heterocycles. The quantitative estimate of drug-likeness (QED) is 0.323. The molecule has 4 aromatic rings. The molecule has 208 valence electrons. The van der Waals surface area contributed by atoms with E-state index in [9.17, 15) is 19.2 Å². The number of aromatic amines is 1. The summed E-state index contributed by atoms with van der Waals surface area (Å²) in [6, 6.07) is 11.7. The fraction of sp³-hybridized carbons (Fsp3) is 0.267. The first-order chi connectivity index (χ1) is 19.9. The molecule has 2 saturated heterocycles. The summed E-state index contributed by atoms with van der Waals surface area (Å²) in [4.78, 5) is 55.9. The molecule has 4 amide bonds. The second-order valence-corrected chi connectivity index (χ2v) is 10.2. The maximum absolute atomic E-state index is 13.5. The molecule has 0 spiro atoms. The minimum atomic E-state index is -1.03. The van der Waals surface area contributed by atoms with Crippen LogP contribution < -0.4 is 10.6 Å². The van der Waals surface area contributed by atoms with Crippen molar-refractivity contribution in [3.05, 3.63) is 71.7 Å². The Balaban J connectivity index is 0.000000548. The van der Waals surface area contributed by atoms with E-state index >= 15 is 0 Å². The summed E-state index contributed by atoms with van der Waals surface area (Å²) in [5.41, 5.74) is 5.02. The molecule has 0 bridgehead atoms. The smallest absolute Gasteiger partial charge is 0.264 e. The Kier molecular flexibility index (Phi) is 7.02. The number of hydrogen-bond donors (Lipinski definition) is 3. The third-order valence-electron chi connectivity index (χ3n) is 7.35. The van der Waals surface area contributed by atoms with E-state index in [4.69, 9.17) is 4.74 Å². The molecule has 7 rings (SSSR count). The minimum absolute atomic E-state index is 0.0638. The van der Waals surface area contributed by atoms with Gasteiger partial charge in [0.2, 0.25) is 11.8 Å². The largest absolute Gasteiger partial charge is 0.381 e. The van der Waals surface area contributed by atoms with Gasteiger partial charge >= 0.3 is 0 Å². The molecule has 0 aliphatic carbocycles. The highest BCUT2D eigenvalue weighted by Crippen LogP contribution is 2.38. The van der Waals surface area contributed by atoms with E-state index in [-0.39, 0.29) is 24.0 Å². The van der Waals surface area contributed by atoms with Gasteiger partial charge in [-0.15, -0.1) is 0 Å². The molecule has 1 unspecified atom stereocenters. The van der Waals surface area contributed by atoms with Gasteiger partial charge < -0.3 is 10.1 Å². The van der Waals surface area contributed by atoms with Crippen molar-refractivity contribution < 1.29 is 23.9 Å². The fourth-order valence-corrected chi connectivity index (χ4v) is 5.32. The summed E-state index contributed by atoms with van der Waals surface area (Å²) in [5.74, 6) is -2.18. The number of amides is 4.